The number of methoxy groups -OCH3 is 1. The second-order valence-electron chi connectivity index (χ2n) is 8.82. The number of halogens is 1. The molecule has 11 nitrogen and oxygen atoms in total. The van der Waals surface area contributed by atoms with Crippen molar-refractivity contribution in [3.8, 4) is 0 Å². The van der Waals surface area contributed by atoms with Gasteiger partial charge in [-0.2, -0.15) is 0 Å². The van der Waals surface area contributed by atoms with Crippen LogP contribution >= 0.6 is 0 Å². The topological polar surface area (TPSA) is 140 Å². The van der Waals surface area contributed by atoms with Gasteiger partial charge in [-0.15, -0.1) is 0 Å². The number of aromatic carboxylic acids is 1. The highest BCUT2D eigenvalue weighted by atomic mass is 19.1. The summed E-state index contributed by atoms with van der Waals surface area (Å²) in [6.45, 7) is 4.07. The van der Waals surface area contributed by atoms with Gasteiger partial charge in [-0.05, 0) is 31.9 Å². The van der Waals surface area contributed by atoms with E-state index in [2.05, 4.69) is 20.3 Å². The Morgan fingerprint density at radius 3 is 2.56 bits per heavy atom. The van der Waals surface area contributed by atoms with Crippen LogP contribution in [0.1, 0.15) is 54.3 Å². The van der Waals surface area contributed by atoms with E-state index in [-0.39, 0.29) is 17.0 Å². The van der Waals surface area contributed by atoms with Crippen molar-refractivity contribution in [3.63, 3.8) is 0 Å². The second kappa shape index (κ2) is 9.61. The lowest BCUT2D eigenvalue weighted by atomic mass is 9.84. The van der Waals surface area contributed by atoms with E-state index in [0.717, 1.165) is 0 Å². The van der Waals surface area contributed by atoms with Crippen molar-refractivity contribution in [3.05, 3.63) is 57.6 Å². The molecule has 4 heterocycles. The number of hydrogen-bond acceptors (Lipinski definition) is 8. The Bertz CT molecular complexity index is 1400. The fourth-order valence-corrected chi connectivity index (χ4v) is 4.70. The molecule has 3 aromatic rings. The Hall–Kier alpha value is -3.93. The number of carbonyl (C=O) groups is 2. The van der Waals surface area contributed by atoms with Crippen molar-refractivity contribution in [2.24, 2.45) is 7.05 Å². The number of fused-ring (bicyclic) bond motifs is 1. The first-order valence-corrected chi connectivity index (χ1v) is 11.4. The molecule has 1 aliphatic rings. The first-order chi connectivity index (χ1) is 17.1. The maximum absolute atomic E-state index is 14.8. The molecule has 0 aromatic carbocycles. The lowest BCUT2D eigenvalue weighted by Crippen LogP contribution is -2.48. The largest absolute Gasteiger partial charge is 0.476 e. The number of aryl methyl sites for hydroxylation is 1. The average molecular weight is 499 g/mol. The third-order valence-electron chi connectivity index (χ3n) is 6.84. The van der Waals surface area contributed by atoms with E-state index in [0.29, 0.717) is 48.3 Å². The first kappa shape index (κ1) is 25.2. The molecule has 1 fully saturated rings. The Labute approximate surface area is 205 Å². The van der Waals surface area contributed by atoms with Crippen molar-refractivity contribution in [1.82, 2.24) is 24.4 Å². The number of rotatable bonds is 6. The van der Waals surface area contributed by atoms with Crippen molar-refractivity contribution in [1.29, 1.82) is 0 Å². The predicted molar refractivity (Wildman–Crippen MR) is 128 cm³/mol. The Morgan fingerprint density at radius 2 is 1.94 bits per heavy atom. The molecular formula is C24H27FN6O5. The number of pyridine rings is 2. The van der Waals surface area contributed by atoms with Crippen LogP contribution in [0.15, 0.2) is 29.5 Å². The van der Waals surface area contributed by atoms with Gasteiger partial charge in [-0.1, -0.05) is 0 Å². The van der Waals surface area contributed by atoms with E-state index >= 15 is 0 Å². The van der Waals surface area contributed by atoms with Crippen molar-refractivity contribution in [2.75, 3.05) is 25.5 Å². The van der Waals surface area contributed by atoms with E-state index in [1.807, 2.05) is 0 Å². The standard InChI is InChI=1S/C24H27FN6O5/c1-13(15-5-8-26-19(18(15)25)23(34)35)29-20-16-11-17(22(33)30(3)21(16)28-12-27-20)24(36-4)6-9-31(10-7-24)14(2)32/h5,8,11-13H,6-7,9-10H2,1-4H3,(H,34,35)(H,27,28,29)/t13-/m1/s1. The molecule has 1 saturated heterocycles. The molecule has 4 rings (SSSR count). The lowest BCUT2D eigenvalue weighted by Gasteiger charge is -2.40. The number of nitrogens with zero attached hydrogens (tertiary/aromatic N) is 5. The van der Waals surface area contributed by atoms with Crippen LogP contribution in [-0.4, -0.2) is 61.6 Å². The molecule has 1 atom stereocenters. The predicted octanol–water partition coefficient (Wildman–Crippen LogP) is 2.22. The molecule has 3 aromatic heterocycles. The number of nitrogens with one attached hydrogen (secondary N) is 1. The Balaban J connectivity index is 1.78. The molecular weight excluding hydrogens is 471 g/mol. The molecule has 190 valence electrons. The number of aromatic nitrogens is 4. The van der Waals surface area contributed by atoms with Gasteiger partial charge >= 0.3 is 5.97 Å². The van der Waals surface area contributed by atoms with Crippen LogP contribution in [0.2, 0.25) is 0 Å². The summed E-state index contributed by atoms with van der Waals surface area (Å²) < 4.78 is 22.1. The summed E-state index contributed by atoms with van der Waals surface area (Å²) in [5.41, 5.74) is -0.966. The summed E-state index contributed by atoms with van der Waals surface area (Å²) in [4.78, 5) is 50.4. The smallest absolute Gasteiger partial charge is 0.357 e. The number of amides is 1. The van der Waals surface area contributed by atoms with Crippen LogP contribution in [0.5, 0.6) is 0 Å². The van der Waals surface area contributed by atoms with Crippen LogP contribution in [0.25, 0.3) is 11.0 Å². The zero-order valence-electron chi connectivity index (χ0n) is 20.4. The maximum atomic E-state index is 14.8. The van der Waals surface area contributed by atoms with Gasteiger partial charge in [0.1, 0.15) is 23.4 Å². The minimum absolute atomic E-state index is 0.0330. The van der Waals surface area contributed by atoms with Crippen LogP contribution in [0.3, 0.4) is 0 Å². The summed E-state index contributed by atoms with van der Waals surface area (Å²) in [6, 6.07) is 2.40. The van der Waals surface area contributed by atoms with Gasteiger partial charge in [-0.25, -0.2) is 24.1 Å². The van der Waals surface area contributed by atoms with E-state index in [1.165, 1.54) is 30.1 Å². The number of ether oxygens (including phenoxy) is 1. The minimum Gasteiger partial charge on any atom is -0.476 e. The molecule has 0 spiro atoms. The van der Waals surface area contributed by atoms with Crippen molar-refractivity contribution >= 4 is 28.7 Å². The Morgan fingerprint density at radius 1 is 1.25 bits per heavy atom. The van der Waals surface area contributed by atoms with Gasteiger partial charge in [0.15, 0.2) is 11.5 Å². The molecule has 0 radical (unpaired) electrons. The van der Waals surface area contributed by atoms with E-state index in [4.69, 9.17) is 4.74 Å². The summed E-state index contributed by atoms with van der Waals surface area (Å²) >= 11 is 0. The first-order valence-electron chi connectivity index (χ1n) is 11.4. The fraction of sp³-hybridized carbons (Fsp3) is 0.417. The Kier molecular flexibility index (Phi) is 6.72. The summed E-state index contributed by atoms with van der Waals surface area (Å²) in [7, 11) is 3.14. The van der Waals surface area contributed by atoms with Gasteiger partial charge in [0, 0.05) is 45.9 Å². The molecule has 36 heavy (non-hydrogen) atoms. The quantitative estimate of drug-likeness (QED) is 0.523. The molecule has 1 aliphatic heterocycles. The fourth-order valence-electron chi connectivity index (χ4n) is 4.70. The average Bonchev–Trinajstić information content (AvgIpc) is 2.86. The van der Waals surface area contributed by atoms with Gasteiger partial charge in [-0.3, -0.25) is 14.2 Å². The third kappa shape index (κ3) is 4.28. The summed E-state index contributed by atoms with van der Waals surface area (Å²) in [5.74, 6) is -2.10. The van der Waals surface area contributed by atoms with Crippen LogP contribution in [-0.2, 0) is 22.2 Å². The van der Waals surface area contributed by atoms with Gasteiger partial charge in [0.2, 0.25) is 5.91 Å². The zero-order valence-corrected chi connectivity index (χ0v) is 20.4. The highest BCUT2D eigenvalue weighted by Gasteiger charge is 2.40. The normalized spacial score (nSPS) is 16.1. The van der Waals surface area contributed by atoms with E-state index < -0.39 is 29.1 Å². The summed E-state index contributed by atoms with van der Waals surface area (Å²) in [5, 5.41) is 12.8. The van der Waals surface area contributed by atoms with Crippen molar-refractivity contribution in [2.45, 2.75) is 38.3 Å². The molecule has 0 saturated carbocycles. The number of carboxylic acids is 1. The highest BCUT2D eigenvalue weighted by Crippen LogP contribution is 2.36. The van der Waals surface area contributed by atoms with E-state index in [1.54, 1.807) is 32.0 Å². The second-order valence-corrected chi connectivity index (χ2v) is 8.82. The summed E-state index contributed by atoms with van der Waals surface area (Å²) in [6.07, 6.45) is 3.41. The van der Waals surface area contributed by atoms with Gasteiger partial charge < -0.3 is 20.1 Å². The molecule has 0 aliphatic carbocycles. The van der Waals surface area contributed by atoms with Crippen molar-refractivity contribution < 1.29 is 23.8 Å². The zero-order chi connectivity index (χ0) is 26.2. The molecule has 2 N–H and O–H groups in total. The van der Waals surface area contributed by atoms with E-state index in [9.17, 15) is 23.9 Å². The molecule has 1 amide bonds. The van der Waals surface area contributed by atoms with Gasteiger partial charge in [0.25, 0.3) is 5.56 Å². The highest BCUT2D eigenvalue weighted by molar-refractivity contribution is 5.88. The number of hydrogen-bond donors (Lipinski definition) is 2. The maximum Gasteiger partial charge on any atom is 0.357 e. The SMILES string of the molecule is COC1(c2cc3c(N[C@H](C)c4ccnc(C(=O)O)c4F)ncnc3n(C)c2=O)CCN(C(C)=O)CC1. The van der Waals surface area contributed by atoms with Gasteiger partial charge in [0.05, 0.1) is 17.0 Å². The monoisotopic (exact) mass is 498 g/mol. The number of likely N-dealkylation sites (tertiary alicyclic amines) is 1. The minimum atomic E-state index is -1.46. The number of carbonyl (C=O) groups excluding carboxylic acids is 1. The van der Waals surface area contributed by atoms with Crippen LogP contribution < -0.4 is 10.9 Å². The van der Waals surface area contributed by atoms with Crippen LogP contribution in [0, 0.1) is 5.82 Å². The lowest BCUT2D eigenvalue weighted by molar-refractivity contribution is -0.135. The molecule has 12 heteroatoms. The van der Waals surface area contributed by atoms with Crippen LogP contribution in [0.4, 0.5) is 10.2 Å². The molecule has 0 unspecified atom stereocenters. The number of anilines is 1. The number of carboxylic acid groups (broad SMARTS) is 1. The third-order valence-corrected chi connectivity index (χ3v) is 6.84. The molecule has 0 bridgehead atoms. The number of piperidine rings is 1.